The van der Waals surface area contributed by atoms with Gasteiger partial charge in [0.1, 0.15) is 19.0 Å². The maximum Gasteiger partial charge on any atom is 0.164 e. The summed E-state index contributed by atoms with van der Waals surface area (Å²) < 4.78 is 17.4. The smallest absolute Gasteiger partial charge is 0.164 e. The van der Waals surface area contributed by atoms with Gasteiger partial charge in [0.05, 0.1) is 7.11 Å². The topological polar surface area (TPSA) is 27.7 Å². The molecule has 0 fully saturated rings. The average molecular weight is 344 g/mol. The molecule has 0 amide bonds. The normalized spacial score (nSPS) is 12.6. The van der Waals surface area contributed by atoms with Crippen molar-refractivity contribution in [2.45, 2.75) is 6.61 Å². The van der Waals surface area contributed by atoms with Crippen LogP contribution in [0.2, 0.25) is 0 Å². The SMILES string of the molecule is COc1cc2c(cc1OCc1ccccc1)C(c1ccccc1)=CCO2. The van der Waals surface area contributed by atoms with Crippen LogP contribution in [0.1, 0.15) is 16.7 Å². The van der Waals surface area contributed by atoms with Crippen LogP contribution in [0.4, 0.5) is 0 Å². The molecule has 0 aromatic heterocycles. The predicted molar refractivity (Wildman–Crippen MR) is 103 cm³/mol. The molecule has 0 unspecified atom stereocenters. The molecule has 0 atom stereocenters. The van der Waals surface area contributed by atoms with Gasteiger partial charge in [-0.25, -0.2) is 0 Å². The fourth-order valence-electron chi connectivity index (χ4n) is 3.09. The predicted octanol–water partition coefficient (Wildman–Crippen LogP) is 5.10. The Labute approximate surface area is 153 Å². The van der Waals surface area contributed by atoms with Gasteiger partial charge in [-0.3, -0.25) is 0 Å². The molecule has 0 aliphatic carbocycles. The summed E-state index contributed by atoms with van der Waals surface area (Å²) in [5, 5.41) is 0. The highest BCUT2D eigenvalue weighted by atomic mass is 16.5. The zero-order chi connectivity index (χ0) is 17.8. The number of rotatable bonds is 5. The molecule has 0 spiro atoms. The standard InChI is InChI=1S/C23H20O3/c1-24-22-15-21-20(14-23(22)26-16-17-8-4-2-5-9-17)19(12-13-25-21)18-10-6-3-7-11-18/h2-12,14-15H,13,16H2,1H3. The zero-order valence-electron chi connectivity index (χ0n) is 14.6. The van der Waals surface area contributed by atoms with Gasteiger partial charge in [-0.15, -0.1) is 0 Å². The summed E-state index contributed by atoms with van der Waals surface area (Å²) in [4.78, 5) is 0. The summed E-state index contributed by atoms with van der Waals surface area (Å²) in [7, 11) is 1.65. The summed E-state index contributed by atoms with van der Waals surface area (Å²) in [6, 6.07) is 24.3. The van der Waals surface area contributed by atoms with Crippen LogP contribution >= 0.6 is 0 Å². The summed E-state index contributed by atoms with van der Waals surface area (Å²) in [5.41, 5.74) is 4.45. The Balaban J connectivity index is 1.69. The first-order valence-corrected chi connectivity index (χ1v) is 8.62. The molecule has 3 nitrogen and oxygen atoms in total. The molecule has 26 heavy (non-hydrogen) atoms. The lowest BCUT2D eigenvalue weighted by atomic mass is 9.95. The van der Waals surface area contributed by atoms with Gasteiger partial charge in [-0.05, 0) is 28.8 Å². The minimum absolute atomic E-state index is 0.487. The molecular formula is C23H20O3. The molecule has 3 heteroatoms. The van der Waals surface area contributed by atoms with Crippen molar-refractivity contribution in [1.82, 2.24) is 0 Å². The van der Waals surface area contributed by atoms with Crippen molar-refractivity contribution in [2.24, 2.45) is 0 Å². The molecule has 1 aliphatic rings. The lowest BCUT2D eigenvalue weighted by Crippen LogP contribution is -2.07. The van der Waals surface area contributed by atoms with Gasteiger partial charge in [-0.1, -0.05) is 60.7 Å². The highest BCUT2D eigenvalue weighted by Gasteiger charge is 2.20. The van der Waals surface area contributed by atoms with Gasteiger partial charge in [0, 0.05) is 11.6 Å². The van der Waals surface area contributed by atoms with Gasteiger partial charge < -0.3 is 14.2 Å². The van der Waals surface area contributed by atoms with Crippen LogP contribution < -0.4 is 14.2 Å². The molecule has 4 rings (SSSR count). The van der Waals surface area contributed by atoms with Gasteiger partial charge in [0.15, 0.2) is 11.5 Å². The van der Waals surface area contributed by atoms with E-state index in [-0.39, 0.29) is 0 Å². The number of hydrogen-bond donors (Lipinski definition) is 0. The van der Waals surface area contributed by atoms with E-state index in [0.29, 0.717) is 24.7 Å². The van der Waals surface area contributed by atoms with Crippen LogP contribution in [0.3, 0.4) is 0 Å². The highest BCUT2D eigenvalue weighted by Crippen LogP contribution is 2.42. The van der Waals surface area contributed by atoms with E-state index < -0.39 is 0 Å². The number of hydrogen-bond acceptors (Lipinski definition) is 3. The molecule has 130 valence electrons. The van der Waals surface area contributed by atoms with Crippen molar-refractivity contribution in [3.8, 4) is 17.2 Å². The summed E-state index contributed by atoms with van der Waals surface area (Å²) in [6.07, 6.45) is 2.10. The van der Waals surface area contributed by atoms with Crippen LogP contribution in [0.25, 0.3) is 5.57 Å². The molecule has 3 aromatic rings. The summed E-state index contributed by atoms with van der Waals surface area (Å²) >= 11 is 0. The van der Waals surface area contributed by atoms with Crippen LogP contribution in [-0.4, -0.2) is 13.7 Å². The van der Waals surface area contributed by atoms with E-state index in [1.807, 2.05) is 60.7 Å². The molecule has 0 saturated carbocycles. The second kappa shape index (κ2) is 7.36. The second-order valence-corrected chi connectivity index (χ2v) is 6.07. The first kappa shape index (κ1) is 16.3. The van der Waals surface area contributed by atoms with Crippen molar-refractivity contribution in [1.29, 1.82) is 0 Å². The van der Waals surface area contributed by atoms with E-state index in [4.69, 9.17) is 14.2 Å². The van der Waals surface area contributed by atoms with Gasteiger partial charge in [0.25, 0.3) is 0 Å². The van der Waals surface area contributed by atoms with Crippen LogP contribution in [0.5, 0.6) is 17.2 Å². The van der Waals surface area contributed by atoms with Gasteiger partial charge in [-0.2, -0.15) is 0 Å². The van der Waals surface area contributed by atoms with Crippen molar-refractivity contribution in [3.05, 3.63) is 95.6 Å². The van der Waals surface area contributed by atoms with E-state index in [1.165, 1.54) is 0 Å². The van der Waals surface area contributed by atoms with E-state index in [1.54, 1.807) is 7.11 Å². The Morgan fingerprint density at radius 3 is 2.35 bits per heavy atom. The molecule has 0 radical (unpaired) electrons. The Morgan fingerprint density at radius 1 is 0.885 bits per heavy atom. The lowest BCUT2D eigenvalue weighted by Gasteiger charge is -2.21. The third-order valence-electron chi connectivity index (χ3n) is 4.40. The molecule has 0 bridgehead atoms. The zero-order valence-corrected chi connectivity index (χ0v) is 14.6. The fourth-order valence-corrected chi connectivity index (χ4v) is 3.09. The second-order valence-electron chi connectivity index (χ2n) is 6.07. The Hall–Kier alpha value is -3.20. The third kappa shape index (κ3) is 3.29. The first-order chi connectivity index (χ1) is 12.8. The molecule has 1 heterocycles. The molecule has 3 aromatic carbocycles. The molecule has 0 saturated heterocycles. The fraction of sp³-hybridized carbons (Fsp3) is 0.130. The molecule has 0 N–H and O–H groups in total. The maximum atomic E-state index is 6.06. The Kier molecular flexibility index (Phi) is 4.61. The van der Waals surface area contributed by atoms with E-state index in [2.05, 4.69) is 18.2 Å². The van der Waals surface area contributed by atoms with E-state index in [9.17, 15) is 0 Å². The van der Waals surface area contributed by atoms with Crippen molar-refractivity contribution in [2.75, 3.05) is 13.7 Å². The van der Waals surface area contributed by atoms with Gasteiger partial charge in [0.2, 0.25) is 0 Å². The molecule has 1 aliphatic heterocycles. The Bertz CT molecular complexity index is 915. The van der Waals surface area contributed by atoms with Gasteiger partial charge >= 0.3 is 0 Å². The van der Waals surface area contributed by atoms with Crippen molar-refractivity contribution < 1.29 is 14.2 Å². The maximum absolute atomic E-state index is 6.06. The monoisotopic (exact) mass is 344 g/mol. The summed E-state index contributed by atoms with van der Waals surface area (Å²) in [6.45, 7) is 1.03. The lowest BCUT2D eigenvalue weighted by molar-refractivity contribution is 0.281. The van der Waals surface area contributed by atoms with Crippen molar-refractivity contribution in [3.63, 3.8) is 0 Å². The van der Waals surface area contributed by atoms with E-state index >= 15 is 0 Å². The Morgan fingerprint density at radius 2 is 1.62 bits per heavy atom. The van der Waals surface area contributed by atoms with Crippen molar-refractivity contribution >= 4 is 5.57 Å². The number of fused-ring (bicyclic) bond motifs is 1. The largest absolute Gasteiger partial charge is 0.493 e. The summed E-state index contributed by atoms with van der Waals surface area (Å²) in [5.74, 6) is 2.20. The van der Waals surface area contributed by atoms with E-state index in [0.717, 1.165) is 28.0 Å². The first-order valence-electron chi connectivity index (χ1n) is 8.62. The number of ether oxygens (including phenoxy) is 3. The third-order valence-corrected chi connectivity index (χ3v) is 4.40. The molecular weight excluding hydrogens is 324 g/mol. The highest BCUT2D eigenvalue weighted by molar-refractivity contribution is 5.85. The number of benzene rings is 3. The number of methoxy groups -OCH3 is 1. The van der Waals surface area contributed by atoms with Crippen LogP contribution in [0, 0.1) is 0 Å². The van der Waals surface area contributed by atoms with Crippen LogP contribution in [-0.2, 0) is 6.61 Å². The average Bonchev–Trinajstić information content (AvgIpc) is 2.72. The quantitative estimate of drug-likeness (QED) is 0.644. The minimum atomic E-state index is 0.487. The minimum Gasteiger partial charge on any atom is -0.493 e. The van der Waals surface area contributed by atoms with Crippen LogP contribution in [0.15, 0.2) is 78.9 Å².